The molecular formula is C32H48F3N5O6S. The first-order chi connectivity index (χ1) is 21.7. The van der Waals surface area contributed by atoms with Crippen LogP contribution in [0.15, 0.2) is 12.1 Å². The zero-order valence-electron chi connectivity index (χ0n) is 28.7. The van der Waals surface area contributed by atoms with E-state index in [1.54, 1.807) is 53.7 Å². The number of ether oxygens (including phenoxy) is 3. The minimum absolute atomic E-state index is 0.0453. The lowest BCUT2D eigenvalue weighted by Gasteiger charge is -2.45. The summed E-state index contributed by atoms with van der Waals surface area (Å²) in [5.74, 6) is -1.52. The number of carbonyl (C=O) groups is 3. The number of nitrogens with one attached hydrogen (secondary N) is 2. The van der Waals surface area contributed by atoms with Crippen molar-refractivity contribution in [3.8, 4) is 5.75 Å². The normalized spacial score (nSPS) is 19.6. The minimum Gasteiger partial charge on any atom is -0.476 e. The van der Waals surface area contributed by atoms with Gasteiger partial charge in [0, 0.05) is 52.5 Å². The number of hydrogen-bond donors (Lipinski definition) is 2. The van der Waals surface area contributed by atoms with Crippen molar-refractivity contribution >= 4 is 40.9 Å². The molecule has 3 amide bonds. The van der Waals surface area contributed by atoms with Crippen molar-refractivity contribution in [2.75, 3.05) is 45.3 Å². The van der Waals surface area contributed by atoms with Crippen LogP contribution in [0.3, 0.4) is 0 Å². The summed E-state index contributed by atoms with van der Waals surface area (Å²) in [4.78, 5) is 45.4. The third-order valence-corrected chi connectivity index (χ3v) is 8.40. The SMILES string of the molecule is CNC(=S)NCCN1C(=O)C(C)(C)Oc2cc(C(F)(F)F)c(C(=O)N(C(C)C)[C@@H]3CC[C@H](CCOC)N(C(=O)OC(C)(C)C)C3)cc21. The lowest BCUT2D eigenvalue weighted by Crippen LogP contribution is -2.58. The van der Waals surface area contributed by atoms with Crippen LogP contribution in [-0.2, 0) is 20.4 Å². The van der Waals surface area contributed by atoms with Gasteiger partial charge < -0.3 is 39.5 Å². The number of carbonyl (C=O) groups excluding carboxylic acids is 3. The van der Waals surface area contributed by atoms with E-state index in [-0.39, 0.29) is 37.1 Å². The predicted octanol–water partition coefficient (Wildman–Crippen LogP) is 4.96. The number of piperidine rings is 1. The van der Waals surface area contributed by atoms with Gasteiger partial charge in [-0.1, -0.05) is 0 Å². The van der Waals surface area contributed by atoms with Gasteiger partial charge in [0.1, 0.15) is 11.4 Å². The van der Waals surface area contributed by atoms with Gasteiger partial charge in [-0.05, 0) is 92.1 Å². The van der Waals surface area contributed by atoms with Crippen molar-refractivity contribution in [3.05, 3.63) is 23.3 Å². The highest BCUT2D eigenvalue weighted by Crippen LogP contribution is 2.44. The molecule has 2 aliphatic rings. The van der Waals surface area contributed by atoms with Crippen molar-refractivity contribution in [1.82, 2.24) is 20.4 Å². The van der Waals surface area contributed by atoms with Gasteiger partial charge in [0.05, 0.1) is 22.9 Å². The third kappa shape index (κ3) is 9.18. The molecule has 1 saturated heterocycles. The Morgan fingerprint density at radius 2 is 1.85 bits per heavy atom. The number of hydrogen-bond acceptors (Lipinski definition) is 7. The highest BCUT2D eigenvalue weighted by Gasteiger charge is 2.46. The summed E-state index contributed by atoms with van der Waals surface area (Å²) in [5, 5.41) is 6.03. The van der Waals surface area contributed by atoms with Crippen LogP contribution >= 0.6 is 12.2 Å². The first-order valence-corrected chi connectivity index (χ1v) is 16.2. The Kier molecular flexibility index (Phi) is 12.0. The fraction of sp³-hybridized carbons (Fsp3) is 0.688. The Labute approximate surface area is 280 Å². The molecule has 2 N–H and O–H groups in total. The summed E-state index contributed by atoms with van der Waals surface area (Å²) in [5.41, 5.74) is -3.98. The molecule has 11 nitrogen and oxygen atoms in total. The maximum Gasteiger partial charge on any atom is 0.417 e. The number of rotatable bonds is 9. The number of likely N-dealkylation sites (tertiary alicyclic amines) is 1. The minimum atomic E-state index is -4.91. The lowest BCUT2D eigenvalue weighted by atomic mass is 9.93. The topological polar surface area (TPSA) is 113 Å². The van der Waals surface area contributed by atoms with Crippen LogP contribution in [0.4, 0.5) is 23.7 Å². The molecule has 0 bridgehead atoms. The average Bonchev–Trinajstić information content (AvgIpc) is 2.95. The van der Waals surface area contributed by atoms with Crippen molar-refractivity contribution in [3.63, 3.8) is 0 Å². The fourth-order valence-corrected chi connectivity index (χ4v) is 6.01. The van der Waals surface area contributed by atoms with Gasteiger partial charge in [0.25, 0.3) is 11.8 Å². The van der Waals surface area contributed by atoms with Crippen LogP contribution in [-0.4, -0.2) is 103 Å². The molecule has 0 unspecified atom stereocenters. The smallest absolute Gasteiger partial charge is 0.417 e. The summed E-state index contributed by atoms with van der Waals surface area (Å²) < 4.78 is 60.7. The Hall–Kier alpha value is -3.33. The van der Waals surface area contributed by atoms with E-state index in [1.807, 2.05) is 0 Å². The molecule has 47 heavy (non-hydrogen) atoms. The molecule has 2 atom stereocenters. The van der Waals surface area contributed by atoms with Crippen LogP contribution in [0.2, 0.25) is 0 Å². The van der Waals surface area contributed by atoms with E-state index in [2.05, 4.69) is 10.6 Å². The van der Waals surface area contributed by atoms with Gasteiger partial charge in [-0.2, -0.15) is 13.2 Å². The number of alkyl halides is 3. The van der Waals surface area contributed by atoms with Crippen molar-refractivity contribution in [1.29, 1.82) is 0 Å². The number of fused-ring (bicyclic) bond motifs is 1. The monoisotopic (exact) mass is 687 g/mol. The number of nitrogens with zero attached hydrogens (tertiary/aromatic N) is 3. The molecule has 15 heteroatoms. The van der Waals surface area contributed by atoms with E-state index in [4.69, 9.17) is 26.4 Å². The second kappa shape index (κ2) is 14.8. The summed E-state index contributed by atoms with van der Waals surface area (Å²) in [6, 6.07) is 0.521. The molecule has 1 fully saturated rings. The summed E-state index contributed by atoms with van der Waals surface area (Å²) >= 11 is 5.12. The van der Waals surface area contributed by atoms with Crippen LogP contribution in [0.25, 0.3) is 0 Å². The van der Waals surface area contributed by atoms with Gasteiger partial charge in [0.15, 0.2) is 10.7 Å². The molecule has 0 aliphatic carbocycles. The summed E-state index contributed by atoms with van der Waals surface area (Å²) in [7, 11) is 3.19. The highest BCUT2D eigenvalue weighted by atomic mass is 32.1. The molecule has 0 spiro atoms. The zero-order valence-corrected chi connectivity index (χ0v) is 29.5. The van der Waals surface area contributed by atoms with Gasteiger partial charge >= 0.3 is 12.3 Å². The molecule has 0 radical (unpaired) electrons. The van der Waals surface area contributed by atoms with Gasteiger partial charge in [-0.25, -0.2) is 4.79 Å². The molecule has 3 rings (SSSR count). The largest absolute Gasteiger partial charge is 0.476 e. The average molecular weight is 688 g/mol. The molecule has 0 aromatic heterocycles. The number of methoxy groups -OCH3 is 1. The molecule has 2 aliphatic heterocycles. The van der Waals surface area contributed by atoms with E-state index in [0.717, 1.165) is 12.1 Å². The van der Waals surface area contributed by atoms with Crippen molar-refractivity contribution < 1.29 is 41.8 Å². The number of halogens is 3. The van der Waals surface area contributed by atoms with Crippen molar-refractivity contribution in [2.24, 2.45) is 0 Å². The zero-order chi connectivity index (χ0) is 35.5. The van der Waals surface area contributed by atoms with Gasteiger partial charge in [-0.15, -0.1) is 0 Å². The third-order valence-electron chi connectivity index (χ3n) is 8.05. The first-order valence-electron chi connectivity index (χ1n) is 15.7. The van der Waals surface area contributed by atoms with Crippen LogP contribution in [0, 0.1) is 0 Å². The van der Waals surface area contributed by atoms with E-state index in [0.29, 0.717) is 31.0 Å². The number of amides is 3. The molecular weight excluding hydrogens is 639 g/mol. The summed E-state index contributed by atoms with van der Waals surface area (Å²) in [6.45, 7) is 12.3. The number of anilines is 1. The molecule has 1 aromatic rings. The Morgan fingerprint density at radius 1 is 1.19 bits per heavy atom. The standard InChI is InChI=1S/C32H48F3N5O6S/c1-19(2)40(21-11-10-20(12-15-44-9)39(18-21)29(43)46-30(3,4)5)26(41)22-16-24-25(17-23(22)32(33,34)35)45-31(6,7)27(42)38(24)14-13-37-28(47)36-8/h16-17,19-21H,10-15,18H2,1-9H3,(H2,36,37,47)/t20-,21-/m1/s1. The fourth-order valence-electron chi connectivity index (χ4n) is 5.91. The second-order valence-corrected chi connectivity index (χ2v) is 14.0. The maximum atomic E-state index is 14.7. The first kappa shape index (κ1) is 38.1. The van der Waals surface area contributed by atoms with Gasteiger partial charge in [0.2, 0.25) is 0 Å². The Bertz CT molecular complexity index is 1330. The molecule has 0 saturated carbocycles. The van der Waals surface area contributed by atoms with Crippen LogP contribution in [0.5, 0.6) is 5.75 Å². The van der Waals surface area contributed by atoms with Crippen LogP contribution < -0.4 is 20.3 Å². The highest BCUT2D eigenvalue weighted by molar-refractivity contribution is 7.80. The summed E-state index contributed by atoms with van der Waals surface area (Å²) in [6.07, 6.45) is -4.00. The van der Waals surface area contributed by atoms with E-state index in [9.17, 15) is 27.6 Å². The number of thiocarbonyl (C=S) groups is 1. The molecule has 264 valence electrons. The van der Waals surface area contributed by atoms with Crippen LogP contribution in [0.1, 0.15) is 83.7 Å². The lowest BCUT2D eigenvalue weighted by molar-refractivity contribution is -0.138. The quantitative estimate of drug-likeness (QED) is 0.348. The molecule has 1 aromatic carbocycles. The van der Waals surface area contributed by atoms with E-state index >= 15 is 0 Å². The predicted molar refractivity (Wildman–Crippen MR) is 176 cm³/mol. The maximum absolute atomic E-state index is 14.7. The van der Waals surface area contributed by atoms with Gasteiger partial charge in [-0.3, -0.25) is 9.59 Å². The number of benzene rings is 1. The van der Waals surface area contributed by atoms with E-state index < -0.39 is 58.5 Å². The Morgan fingerprint density at radius 3 is 2.40 bits per heavy atom. The molecule has 2 heterocycles. The Balaban J connectivity index is 2.08. The van der Waals surface area contributed by atoms with Crippen molar-refractivity contribution in [2.45, 2.75) is 103 Å². The van der Waals surface area contributed by atoms with E-state index in [1.165, 1.54) is 23.6 Å². The second-order valence-electron chi connectivity index (χ2n) is 13.5.